The van der Waals surface area contributed by atoms with E-state index in [-0.39, 0.29) is 35.4 Å². The summed E-state index contributed by atoms with van der Waals surface area (Å²) in [4.78, 5) is 35.3. The van der Waals surface area contributed by atoms with Gasteiger partial charge in [-0.2, -0.15) is 0 Å². The van der Waals surface area contributed by atoms with E-state index in [9.17, 15) is 19.1 Å². The molecule has 0 aliphatic heterocycles. The van der Waals surface area contributed by atoms with E-state index >= 15 is 0 Å². The van der Waals surface area contributed by atoms with E-state index in [1.807, 2.05) is 12.1 Å². The summed E-state index contributed by atoms with van der Waals surface area (Å²) in [5, 5.41) is 14.4. The number of carbonyl (C=O) groups excluding carboxylic acids is 1. The minimum atomic E-state index is -0.575. The van der Waals surface area contributed by atoms with Crippen molar-refractivity contribution in [2.45, 2.75) is 44.7 Å². The Hall–Kier alpha value is -4.07. The van der Waals surface area contributed by atoms with Crippen molar-refractivity contribution in [3.8, 4) is 16.9 Å². The zero-order valence-corrected chi connectivity index (χ0v) is 19.6. The van der Waals surface area contributed by atoms with Gasteiger partial charge in [-0.25, -0.2) is 9.37 Å². The summed E-state index contributed by atoms with van der Waals surface area (Å²) in [6, 6.07) is 11.4. The van der Waals surface area contributed by atoms with Gasteiger partial charge in [0.25, 0.3) is 11.5 Å². The van der Waals surface area contributed by atoms with Crippen molar-refractivity contribution < 1.29 is 14.3 Å². The summed E-state index contributed by atoms with van der Waals surface area (Å²) >= 11 is 0. The molecule has 182 valence electrons. The van der Waals surface area contributed by atoms with E-state index in [0.29, 0.717) is 28.3 Å². The summed E-state index contributed by atoms with van der Waals surface area (Å²) in [6.45, 7) is 0.273. The average Bonchev–Trinajstić information content (AvgIpc) is 3.66. The number of hydrogen-bond donors (Lipinski definition) is 2. The predicted octanol–water partition coefficient (Wildman–Crippen LogP) is 4.22. The predicted molar refractivity (Wildman–Crippen MR) is 133 cm³/mol. The van der Waals surface area contributed by atoms with E-state index in [0.717, 1.165) is 18.4 Å². The number of aromatic hydroxyl groups is 1. The summed E-state index contributed by atoms with van der Waals surface area (Å²) in [6.07, 6.45) is 9.70. The first-order valence-electron chi connectivity index (χ1n) is 12.1. The van der Waals surface area contributed by atoms with Crippen LogP contribution in [0.2, 0.25) is 0 Å². The van der Waals surface area contributed by atoms with Gasteiger partial charge in [-0.1, -0.05) is 12.1 Å². The molecule has 2 fully saturated rings. The smallest absolute Gasteiger partial charge is 0.268 e. The monoisotopic (exact) mass is 484 g/mol. The van der Waals surface area contributed by atoms with Crippen LogP contribution in [0.1, 0.15) is 41.6 Å². The fourth-order valence-electron chi connectivity index (χ4n) is 5.25. The number of pyridine rings is 3. The van der Waals surface area contributed by atoms with Gasteiger partial charge in [-0.05, 0) is 79.0 Å². The third-order valence-corrected chi connectivity index (χ3v) is 7.50. The lowest BCUT2D eigenvalue weighted by molar-refractivity contribution is 0.0873. The Bertz CT molecular complexity index is 1520. The van der Waals surface area contributed by atoms with Gasteiger partial charge in [-0.3, -0.25) is 19.1 Å². The molecule has 4 aromatic rings. The molecule has 6 rings (SSSR count). The number of halogens is 1. The standard InChI is InChI=1S/C28H25FN4O3/c29-20-3-1-18(2-4-20)19-13-22-24(34)23(26(35)32-21-14-28(15-21)8-9-28)27(36)33(25(22)31-16-19)12-7-17-5-10-30-11-6-17/h1-6,10-11,13,16,21,34H,7-9,12,14-15H2,(H,32,35). The molecule has 0 radical (unpaired) electrons. The molecule has 0 unspecified atom stereocenters. The molecular weight excluding hydrogens is 459 g/mol. The number of carbonyl (C=O) groups is 1. The zero-order chi connectivity index (χ0) is 24.9. The molecule has 0 atom stereocenters. The number of hydrogen-bond acceptors (Lipinski definition) is 5. The first-order chi connectivity index (χ1) is 17.4. The van der Waals surface area contributed by atoms with Crippen molar-refractivity contribution in [2.24, 2.45) is 5.41 Å². The van der Waals surface area contributed by atoms with Crippen LogP contribution in [0.5, 0.6) is 5.75 Å². The Balaban J connectivity index is 1.42. The molecule has 36 heavy (non-hydrogen) atoms. The van der Waals surface area contributed by atoms with Crippen LogP contribution in [0.25, 0.3) is 22.2 Å². The van der Waals surface area contributed by atoms with E-state index in [2.05, 4.69) is 15.3 Å². The number of benzene rings is 1. The quantitative estimate of drug-likeness (QED) is 0.427. The molecule has 7 nitrogen and oxygen atoms in total. The Kier molecular flexibility index (Phi) is 5.32. The maximum absolute atomic E-state index is 13.5. The highest BCUT2D eigenvalue weighted by molar-refractivity contribution is 6.02. The van der Waals surface area contributed by atoms with Gasteiger partial charge in [0.1, 0.15) is 22.8 Å². The highest BCUT2D eigenvalue weighted by Gasteiger charge is 2.53. The van der Waals surface area contributed by atoms with Gasteiger partial charge in [0.05, 0.1) is 5.39 Å². The Morgan fingerprint density at radius 3 is 2.53 bits per heavy atom. The van der Waals surface area contributed by atoms with Crippen molar-refractivity contribution in [1.82, 2.24) is 19.9 Å². The first-order valence-corrected chi connectivity index (χ1v) is 12.1. The van der Waals surface area contributed by atoms with Gasteiger partial charge >= 0.3 is 0 Å². The van der Waals surface area contributed by atoms with Crippen LogP contribution in [-0.4, -0.2) is 31.6 Å². The maximum atomic E-state index is 13.5. The lowest BCUT2D eigenvalue weighted by atomic mass is 9.77. The van der Waals surface area contributed by atoms with Crippen molar-refractivity contribution in [1.29, 1.82) is 0 Å². The van der Waals surface area contributed by atoms with Crippen LogP contribution in [0, 0.1) is 11.2 Å². The van der Waals surface area contributed by atoms with Gasteiger partial charge in [-0.15, -0.1) is 0 Å². The molecule has 8 heteroatoms. The van der Waals surface area contributed by atoms with Crippen LogP contribution in [0.3, 0.4) is 0 Å². The number of amides is 1. The number of fused-ring (bicyclic) bond motifs is 1. The van der Waals surface area contributed by atoms with E-state index in [1.165, 1.54) is 29.5 Å². The Morgan fingerprint density at radius 1 is 1.11 bits per heavy atom. The number of aromatic nitrogens is 3. The van der Waals surface area contributed by atoms with Crippen LogP contribution >= 0.6 is 0 Å². The molecule has 0 saturated heterocycles. The zero-order valence-electron chi connectivity index (χ0n) is 19.6. The topological polar surface area (TPSA) is 97.1 Å². The SMILES string of the molecule is O=C(NC1CC2(CC2)C1)c1c(O)c2cc(-c3ccc(F)cc3)cnc2n(CCc2ccncc2)c1=O. The van der Waals surface area contributed by atoms with E-state index < -0.39 is 11.5 Å². The van der Waals surface area contributed by atoms with Gasteiger partial charge in [0, 0.05) is 36.7 Å². The molecule has 3 heterocycles. The van der Waals surface area contributed by atoms with Crippen molar-refractivity contribution in [3.05, 3.63) is 88.4 Å². The summed E-state index contributed by atoms with van der Waals surface area (Å²) in [5.41, 5.74) is 2.15. The number of nitrogens with one attached hydrogen (secondary N) is 1. The summed E-state index contributed by atoms with van der Waals surface area (Å²) < 4.78 is 14.9. The Labute approximate surface area is 206 Å². The average molecular weight is 485 g/mol. The molecular formula is C28H25FN4O3. The molecule has 2 N–H and O–H groups in total. The normalized spacial score (nSPS) is 16.1. The second kappa shape index (κ2) is 8.55. The summed E-state index contributed by atoms with van der Waals surface area (Å²) in [5.74, 6) is -1.31. The highest BCUT2D eigenvalue weighted by atomic mass is 19.1. The third kappa shape index (κ3) is 4.02. The summed E-state index contributed by atoms with van der Waals surface area (Å²) in [7, 11) is 0. The molecule has 1 spiro atoms. The third-order valence-electron chi connectivity index (χ3n) is 7.50. The fourth-order valence-corrected chi connectivity index (χ4v) is 5.25. The van der Waals surface area contributed by atoms with Crippen LogP contribution in [0.4, 0.5) is 4.39 Å². The number of nitrogens with zero attached hydrogens (tertiary/aromatic N) is 3. The largest absolute Gasteiger partial charge is 0.506 e. The van der Waals surface area contributed by atoms with Crippen molar-refractivity contribution in [3.63, 3.8) is 0 Å². The maximum Gasteiger partial charge on any atom is 0.268 e. The van der Waals surface area contributed by atoms with E-state index in [4.69, 9.17) is 0 Å². The second-order valence-electron chi connectivity index (χ2n) is 9.97. The molecule has 2 aliphatic carbocycles. The number of rotatable bonds is 6. The minimum absolute atomic E-state index is 0.0171. The van der Waals surface area contributed by atoms with Crippen LogP contribution < -0.4 is 10.9 Å². The second-order valence-corrected chi connectivity index (χ2v) is 9.97. The molecule has 1 amide bonds. The highest BCUT2D eigenvalue weighted by Crippen LogP contribution is 2.60. The minimum Gasteiger partial charge on any atom is -0.506 e. The molecule has 3 aromatic heterocycles. The lowest BCUT2D eigenvalue weighted by Crippen LogP contribution is -2.47. The molecule has 2 aliphatic rings. The van der Waals surface area contributed by atoms with Crippen molar-refractivity contribution in [2.75, 3.05) is 0 Å². The molecule has 0 bridgehead atoms. The van der Waals surface area contributed by atoms with E-state index in [1.54, 1.807) is 36.8 Å². The van der Waals surface area contributed by atoms with Gasteiger partial charge < -0.3 is 10.4 Å². The van der Waals surface area contributed by atoms with Crippen molar-refractivity contribution >= 4 is 16.9 Å². The Morgan fingerprint density at radius 2 is 1.83 bits per heavy atom. The fraction of sp³-hybridized carbons (Fsp3) is 0.286. The molecule has 1 aromatic carbocycles. The lowest BCUT2D eigenvalue weighted by Gasteiger charge is -2.36. The molecule has 2 saturated carbocycles. The van der Waals surface area contributed by atoms with Crippen LogP contribution in [-0.2, 0) is 13.0 Å². The van der Waals surface area contributed by atoms with Crippen LogP contribution in [0.15, 0.2) is 65.8 Å². The van der Waals surface area contributed by atoms with Gasteiger partial charge in [0.2, 0.25) is 0 Å². The van der Waals surface area contributed by atoms with Gasteiger partial charge in [0.15, 0.2) is 0 Å². The number of aryl methyl sites for hydroxylation is 2. The first kappa shape index (κ1) is 22.4.